The van der Waals surface area contributed by atoms with Crippen LogP contribution < -0.4 is 0 Å². The zero-order valence-electron chi connectivity index (χ0n) is 19.7. The summed E-state index contributed by atoms with van der Waals surface area (Å²) in [4.78, 5) is 38.1. The lowest BCUT2D eigenvalue weighted by molar-refractivity contribution is -0.214. The number of ketones is 1. The molecule has 5 rings (SSSR count). The fourth-order valence-corrected chi connectivity index (χ4v) is 8.33. The molecular formula is C26H28F2O6S. The van der Waals surface area contributed by atoms with Gasteiger partial charge in [-0.05, 0) is 49.5 Å². The van der Waals surface area contributed by atoms with Crippen molar-refractivity contribution in [2.45, 2.75) is 63.8 Å². The number of fused-ring (bicyclic) bond motifs is 5. The Hall–Kier alpha value is -2.26. The van der Waals surface area contributed by atoms with E-state index >= 15 is 8.78 Å². The second kappa shape index (κ2) is 7.62. The maximum Gasteiger partial charge on any atom is 0.375 e. The molecule has 1 aromatic heterocycles. The Morgan fingerprint density at radius 2 is 2.00 bits per heavy atom. The van der Waals surface area contributed by atoms with E-state index < -0.39 is 62.9 Å². The molecule has 35 heavy (non-hydrogen) atoms. The van der Waals surface area contributed by atoms with Crippen molar-refractivity contribution in [3.8, 4) is 0 Å². The van der Waals surface area contributed by atoms with E-state index in [0.717, 1.165) is 0 Å². The molecule has 4 aliphatic carbocycles. The molecule has 1 heterocycles. The van der Waals surface area contributed by atoms with E-state index in [9.17, 15) is 19.5 Å². The van der Waals surface area contributed by atoms with Crippen LogP contribution in [0.15, 0.2) is 46.4 Å². The van der Waals surface area contributed by atoms with E-state index in [-0.39, 0.29) is 42.8 Å². The normalized spacial score (nSPS) is 44.5. The summed E-state index contributed by atoms with van der Waals surface area (Å²) in [6, 6.07) is 2.91. The van der Waals surface area contributed by atoms with E-state index in [0.29, 0.717) is 0 Å². The zero-order chi connectivity index (χ0) is 25.6. The lowest BCUT2D eigenvalue weighted by atomic mass is 9.45. The van der Waals surface area contributed by atoms with Crippen molar-refractivity contribution in [1.82, 2.24) is 0 Å². The second-order valence-corrected chi connectivity index (χ2v) is 11.3. The molecule has 9 heteroatoms. The number of alkyl halides is 1. The topological polar surface area (TPSA) is 93.8 Å². The van der Waals surface area contributed by atoms with Crippen molar-refractivity contribution in [3.63, 3.8) is 0 Å². The van der Waals surface area contributed by atoms with Crippen molar-refractivity contribution in [3.05, 3.63) is 47.7 Å². The predicted molar refractivity (Wildman–Crippen MR) is 124 cm³/mol. The minimum atomic E-state index is -2.28. The van der Waals surface area contributed by atoms with Gasteiger partial charge in [0.2, 0.25) is 10.9 Å². The molecule has 4 unspecified atom stereocenters. The maximum absolute atomic E-state index is 17.3. The van der Waals surface area contributed by atoms with Crippen LogP contribution in [0.1, 0.15) is 57.0 Å². The lowest BCUT2D eigenvalue weighted by Gasteiger charge is -2.62. The summed E-state index contributed by atoms with van der Waals surface area (Å²) in [5.74, 6) is -4.05. The van der Waals surface area contributed by atoms with Crippen molar-refractivity contribution in [2.24, 2.45) is 28.6 Å². The molecule has 2 fully saturated rings. The molecule has 0 saturated heterocycles. The number of aliphatic hydroxyl groups is 1. The number of allylic oxidation sites excluding steroid dienone is 4. The minimum absolute atomic E-state index is 0.0678. The Kier molecular flexibility index (Phi) is 5.32. The summed E-state index contributed by atoms with van der Waals surface area (Å²) in [5, 5.41) is 10.7. The summed E-state index contributed by atoms with van der Waals surface area (Å²) >= 11 is 4.11. The van der Waals surface area contributed by atoms with Gasteiger partial charge in [-0.1, -0.05) is 19.9 Å². The highest BCUT2D eigenvalue weighted by Gasteiger charge is 2.77. The van der Waals surface area contributed by atoms with Crippen LogP contribution in [0.3, 0.4) is 0 Å². The van der Waals surface area contributed by atoms with Crippen LogP contribution in [0.2, 0.25) is 0 Å². The highest BCUT2D eigenvalue weighted by Crippen LogP contribution is 2.71. The molecule has 4 aliphatic rings. The highest BCUT2D eigenvalue weighted by atomic mass is 32.1. The smallest absolute Gasteiger partial charge is 0.375 e. The average Bonchev–Trinajstić information content (AvgIpc) is 3.39. The SMILES string of the molecule is CC1CC2C3CC(F)=C4CC(=O)C=C[C@]4(C)C3(F)[C@@H](O)C[C@]2(C)[C@@]1(OC(=O)c1ccco1)C(=O)S. The number of rotatable bonds is 3. The van der Waals surface area contributed by atoms with Gasteiger partial charge in [-0.3, -0.25) is 9.59 Å². The Bertz CT molecular complexity index is 1180. The van der Waals surface area contributed by atoms with Crippen LogP contribution in [0.5, 0.6) is 0 Å². The molecule has 188 valence electrons. The summed E-state index contributed by atoms with van der Waals surface area (Å²) in [6.07, 6.45) is 1.83. The van der Waals surface area contributed by atoms with Gasteiger partial charge in [0.25, 0.3) is 0 Å². The van der Waals surface area contributed by atoms with Gasteiger partial charge in [-0.2, -0.15) is 0 Å². The van der Waals surface area contributed by atoms with Gasteiger partial charge in [-0.25, -0.2) is 13.6 Å². The Labute approximate surface area is 207 Å². The van der Waals surface area contributed by atoms with Crippen LogP contribution >= 0.6 is 12.6 Å². The van der Waals surface area contributed by atoms with E-state index in [2.05, 4.69) is 12.6 Å². The van der Waals surface area contributed by atoms with Gasteiger partial charge in [0, 0.05) is 35.5 Å². The largest absolute Gasteiger partial charge is 0.457 e. The first kappa shape index (κ1) is 24.4. The Morgan fingerprint density at radius 3 is 2.63 bits per heavy atom. The first-order chi connectivity index (χ1) is 16.3. The third-order valence-corrected chi connectivity index (χ3v) is 9.82. The Morgan fingerprint density at radius 1 is 1.29 bits per heavy atom. The molecule has 1 N–H and O–H groups in total. The molecule has 0 aliphatic heterocycles. The lowest BCUT2D eigenvalue weighted by Crippen LogP contribution is -2.69. The molecule has 0 spiro atoms. The van der Waals surface area contributed by atoms with Crippen molar-refractivity contribution >= 4 is 29.5 Å². The monoisotopic (exact) mass is 506 g/mol. The molecule has 0 aromatic carbocycles. The quantitative estimate of drug-likeness (QED) is 0.462. The number of carbonyl (C=O) groups excluding carboxylic acids is 3. The third-order valence-electron chi connectivity index (χ3n) is 9.49. The fraction of sp³-hybridized carbons (Fsp3) is 0.577. The van der Waals surface area contributed by atoms with Crippen molar-refractivity contribution in [1.29, 1.82) is 0 Å². The van der Waals surface area contributed by atoms with Crippen LogP contribution in [-0.2, 0) is 14.3 Å². The Balaban J connectivity index is 1.63. The van der Waals surface area contributed by atoms with Gasteiger partial charge in [0.05, 0.1) is 12.4 Å². The minimum Gasteiger partial charge on any atom is -0.457 e. The number of halogens is 2. The van der Waals surface area contributed by atoms with Crippen LogP contribution in [0.25, 0.3) is 0 Å². The number of carbonyl (C=O) groups is 3. The van der Waals surface area contributed by atoms with Gasteiger partial charge in [-0.15, -0.1) is 12.6 Å². The standard InChI is InChI=1S/C26H28F2O6S/c1-13-9-15-16-11-18(27)17-10-14(29)6-7-23(17,2)25(16,28)20(30)12-24(15,3)26(13,22(32)35)34-21(31)19-5-4-8-33-19/h4-8,13,15-16,20,30H,9-12H2,1-3H3,(H,32,35)/t13?,15?,16?,20-,23-,24-,25?,26-/m0/s1. The van der Waals surface area contributed by atoms with Crippen LogP contribution in [0.4, 0.5) is 8.78 Å². The number of hydrogen-bond acceptors (Lipinski definition) is 6. The van der Waals surface area contributed by atoms with Gasteiger partial charge < -0.3 is 14.3 Å². The first-order valence-electron chi connectivity index (χ1n) is 11.8. The number of aliphatic hydroxyl groups excluding tert-OH is 1. The van der Waals surface area contributed by atoms with E-state index in [1.165, 1.54) is 37.5 Å². The number of furan rings is 1. The molecule has 2 saturated carbocycles. The number of esters is 1. The summed E-state index contributed by atoms with van der Waals surface area (Å²) < 4.78 is 43.8. The maximum atomic E-state index is 17.3. The van der Waals surface area contributed by atoms with Crippen LogP contribution in [0, 0.1) is 28.6 Å². The van der Waals surface area contributed by atoms with Crippen molar-refractivity contribution in [2.75, 3.05) is 0 Å². The molecule has 0 amide bonds. The molecule has 1 aromatic rings. The zero-order valence-corrected chi connectivity index (χ0v) is 20.6. The van der Waals surface area contributed by atoms with E-state index in [1.807, 2.05) is 0 Å². The van der Waals surface area contributed by atoms with Gasteiger partial charge >= 0.3 is 5.97 Å². The summed E-state index contributed by atoms with van der Waals surface area (Å²) in [6.45, 7) is 4.93. The number of hydrogen-bond donors (Lipinski definition) is 2. The van der Waals surface area contributed by atoms with Gasteiger partial charge in [0.1, 0.15) is 5.83 Å². The first-order valence-corrected chi connectivity index (χ1v) is 12.2. The summed E-state index contributed by atoms with van der Waals surface area (Å²) in [7, 11) is 0. The fourth-order valence-electron chi connectivity index (χ4n) is 7.81. The number of ether oxygens (including phenoxy) is 1. The van der Waals surface area contributed by atoms with Crippen LogP contribution in [-0.4, -0.2) is 39.3 Å². The molecule has 0 radical (unpaired) electrons. The molecule has 8 atom stereocenters. The third kappa shape index (κ3) is 2.88. The molecule has 0 bridgehead atoms. The number of thiol groups is 1. The van der Waals surface area contributed by atoms with Gasteiger partial charge in [0.15, 0.2) is 17.1 Å². The highest BCUT2D eigenvalue weighted by molar-refractivity contribution is 7.96. The van der Waals surface area contributed by atoms with E-state index in [4.69, 9.17) is 9.15 Å². The molecule has 6 nitrogen and oxygen atoms in total. The predicted octanol–water partition coefficient (Wildman–Crippen LogP) is 4.55. The summed E-state index contributed by atoms with van der Waals surface area (Å²) in [5.41, 5.74) is -6.74. The van der Waals surface area contributed by atoms with Crippen molar-refractivity contribution < 1.29 is 37.4 Å². The average molecular weight is 507 g/mol. The second-order valence-electron chi connectivity index (χ2n) is 10.9. The van der Waals surface area contributed by atoms with E-state index in [1.54, 1.807) is 13.8 Å². The molecular weight excluding hydrogens is 478 g/mol.